The first kappa shape index (κ1) is 27.3. The van der Waals surface area contributed by atoms with Gasteiger partial charge in [-0.3, -0.25) is 9.69 Å². The first-order valence-corrected chi connectivity index (χ1v) is 14.3. The highest BCUT2D eigenvalue weighted by Crippen LogP contribution is 2.37. The minimum absolute atomic E-state index is 0.00182. The molecule has 3 aromatic rings. The molecule has 2 N–H and O–H groups in total. The molecule has 5 rings (SSSR count). The van der Waals surface area contributed by atoms with E-state index in [2.05, 4.69) is 45.7 Å². The number of nitrogens with zero attached hydrogens (tertiary/aromatic N) is 1. The monoisotopic (exact) mass is 531 g/mol. The maximum atomic E-state index is 13.6. The molecule has 1 aliphatic heterocycles. The second-order valence-electron chi connectivity index (χ2n) is 12.1. The minimum Gasteiger partial charge on any atom is -0.460 e. The van der Waals surface area contributed by atoms with Crippen LogP contribution in [0.2, 0.25) is 0 Å². The number of alkyl carbamates (subject to hydrolysis) is 1. The number of likely N-dealkylation sites (tertiary alicyclic amines) is 1. The van der Waals surface area contributed by atoms with Gasteiger partial charge in [-0.25, -0.2) is 4.79 Å². The van der Waals surface area contributed by atoms with Gasteiger partial charge >= 0.3 is 12.1 Å². The molecular weight excluding hydrogens is 490 g/mol. The smallest absolute Gasteiger partial charge is 0.407 e. The topological polar surface area (TPSA) is 83.7 Å². The van der Waals surface area contributed by atoms with Crippen molar-refractivity contribution >= 4 is 23.0 Å². The first-order chi connectivity index (χ1) is 18.8. The SMILES string of the molecule is CC(C)(C)OC(=O)N[C@H]1CC[C@@H]([C@H](C(=O)OCc2ccccc2)N2CCC(c3c[nH]c4ccccc34)CC2)C1. The maximum absolute atomic E-state index is 13.6. The molecule has 1 saturated carbocycles. The molecule has 1 aliphatic carbocycles. The Kier molecular flexibility index (Phi) is 8.26. The van der Waals surface area contributed by atoms with E-state index in [0.29, 0.717) is 5.92 Å². The number of piperidine rings is 1. The lowest BCUT2D eigenvalue weighted by Gasteiger charge is -2.39. The highest BCUT2D eigenvalue weighted by Gasteiger charge is 2.41. The summed E-state index contributed by atoms with van der Waals surface area (Å²) in [6.07, 6.45) is 6.20. The van der Waals surface area contributed by atoms with E-state index in [4.69, 9.17) is 9.47 Å². The molecule has 2 heterocycles. The number of aromatic amines is 1. The summed E-state index contributed by atoms with van der Waals surface area (Å²) >= 11 is 0. The van der Waals surface area contributed by atoms with Crippen molar-refractivity contribution in [2.45, 2.75) is 83.1 Å². The number of nitrogens with one attached hydrogen (secondary N) is 2. The summed E-state index contributed by atoms with van der Waals surface area (Å²) in [5.41, 5.74) is 2.99. The fraction of sp³-hybridized carbons (Fsp3) is 0.500. The van der Waals surface area contributed by atoms with E-state index in [9.17, 15) is 9.59 Å². The van der Waals surface area contributed by atoms with Gasteiger partial charge in [-0.1, -0.05) is 48.5 Å². The summed E-state index contributed by atoms with van der Waals surface area (Å²) < 4.78 is 11.4. The van der Waals surface area contributed by atoms with Crippen LogP contribution in [-0.4, -0.2) is 52.7 Å². The van der Waals surface area contributed by atoms with Crippen molar-refractivity contribution in [3.05, 3.63) is 71.9 Å². The van der Waals surface area contributed by atoms with E-state index < -0.39 is 11.7 Å². The third kappa shape index (κ3) is 6.82. The van der Waals surface area contributed by atoms with E-state index >= 15 is 0 Å². The molecule has 0 radical (unpaired) electrons. The zero-order valence-corrected chi connectivity index (χ0v) is 23.3. The third-order valence-corrected chi connectivity index (χ3v) is 8.09. The van der Waals surface area contributed by atoms with Crippen molar-refractivity contribution in [2.75, 3.05) is 13.1 Å². The molecule has 2 fully saturated rings. The van der Waals surface area contributed by atoms with Gasteiger partial charge in [-0.05, 0) is 95.0 Å². The van der Waals surface area contributed by atoms with Crippen LogP contribution >= 0.6 is 0 Å². The van der Waals surface area contributed by atoms with Crippen LogP contribution in [-0.2, 0) is 20.9 Å². The number of ether oxygens (including phenoxy) is 2. The molecule has 0 bridgehead atoms. The predicted molar refractivity (Wildman–Crippen MR) is 152 cm³/mol. The summed E-state index contributed by atoms with van der Waals surface area (Å²) in [6, 6.07) is 18.0. The fourth-order valence-electron chi connectivity index (χ4n) is 6.28. The minimum atomic E-state index is -0.541. The predicted octanol–water partition coefficient (Wildman–Crippen LogP) is 6.15. The lowest BCUT2D eigenvalue weighted by molar-refractivity contribution is -0.154. The van der Waals surface area contributed by atoms with Gasteiger partial charge < -0.3 is 19.8 Å². The molecule has 7 heteroatoms. The zero-order chi connectivity index (χ0) is 27.4. The van der Waals surface area contributed by atoms with Crippen molar-refractivity contribution in [2.24, 2.45) is 5.92 Å². The van der Waals surface area contributed by atoms with Crippen molar-refractivity contribution < 1.29 is 19.1 Å². The summed E-state index contributed by atoms with van der Waals surface area (Å²) in [7, 11) is 0. The Labute approximate surface area is 231 Å². The largest absolute Gasteiger partial charge is 0.460 e. The molecule has 2 aromatic carbocycles. The molecule has 208 valence electrons. The maximum Gasteiger partial charge on any atom is 0.407 e. The average molecular weight is 532 g/mol. The Hall–Kier alpha value is -3.32. The van der Waals surface area contributed by atoms with Gasteiger partial charge in [0.25, 0.3) is 0 Å². The second-order valence-corrected chi connectivity index (χ2v) is 12.1. The molecule has 1 aromatic heterocycles. The van der Waals surface area contributed by atoms with E-state index in [-0.39, 0.29) is 30.6 Å². The molecular formula is C32H41N3O4. The van der Waals surface area contributed by atoms with Gasteiger partial charge in [0.1, 0.15) is 18.2 Å². The lowest BCUT2D eigenvalue weighted by atomic mass is 9.87. The quantitative estimate of drug-likeness (QED) is 0.357. The van der Waals surface area contributed by atoms with Crippen LogP contribution in [0.15, 0.2) is 60.8 Å². The van der Waals surface area contributed by atoms with Gasteiger partial charge in [0.05, 0.1) is 0 Å². The van der Waals surface area contributed by atoms with E-state index in [1.165, 1.54) is 16.5 Å². The van der Waals surface area contributed by atoms with Crippen molar-refractivity contribution in [3.63, 3.8) is 0 Å². The van der Waals surface area contributed by atoms with Crippen LogP contribution in [0, 0.1) is 5.92 Å². The van der Waals surface area contributed by atoms with Crippen LogP contribution in [0.1, 0.15) is 69.9 Å². The van der Waals surface area contributed by atoms with Gasteiger partial charge in [0.15, 0.2) is 0 Å². The Bertz CT molecular complexity index is 1260. The molecule has 2 aliphatic rings. The van der Waals surface area contributed by atoms with Crippen LogP contribution < -0.4 is 5.32 Å². The number of esters is 1. The summed E-state index contributed by atoms with van der Waals surface area (Å²) in [5, 5.41) is 4.32. The molecule has 0 unspecified atom stereocenters. The highest BCUT2D eigenvalue weighted by atomic mass is 16.6. The number of carbonyl (C=O) groups excluding carboxylic acids is 2. The molecule has 3 atom stereocenters. The summed E-state index contributed by atoms with van der Waals surface area (Å²) in [5.74, 6) is 0.425. The Morgan fingerprint density at radius 2 is 1.72 bits per heavy atom. The van der Waals surface area contributed by atoms with Crippen LogP contribution in [0.3, 0.4) is 0 Å². The number of amides is 1. The molecule has 1 amide bonds. The third-order valence-electron chi connectivity index (χ3n) is 8.09. The number of aromatic nitrogens is 1. The second kappa shape index (κ2) is 11.8. The Balaban J connectivity index is 1.26. The Morgan fingerprint density at radius 1 is 1.00 bits per heavy atom. The number of carbonyl (C=O) groups is 2. The van der Waals surface area contributed by atoms with Crippen molar-refractivity contribution in [1.82, 2.24) is 15.2 Å². The van der Waals surface area contributed by atoms with Gasteiger partial charge in [0.2, 0.25) is 0 Å². The first-order valence-electron chi connectivity index (χ1n) is 14.3. The molecule has 39 heavy (non-hydrogen) atoms. The summed E-state index contributed by atoms with van der Waals surface area (Å²) in [6.45, 7) is 7.55. The Morgan fingerprint density at radius 3 is 2.46 bits per heavy atom. The van der Waals surface area contributed by atoms with Gasteiger partial charge in [-0.15, -0.1) is 0 Å². The number of hydrogen-bond donors (Lipinski definition) is 2. The van der Waals surface area contributed by atoms with E-state index in [1.54, 1.807) is 0 Å². The number of hydrogen-bond acceptors (Lipinski definition) is 5. The molecule has 1 saturated heterocycles. The molecule has 0 spiro atoms. The fourth-order valence-corrected chi connectivity index (χ4v) is 6.28. The lowest BCUT2D eigenvalue weighted by Crippen LogP contribution is -2.50. The molecule has 7 nitrogen and oxygen atoms in total. The highest BCUT2D eigenvalue weighted by molar-refractivity contribution is 5.83. The number of H-pyrrole nitrogens is 1. The number of para-hydroxylation sites is 1. The van der Waals surface area contributed by atoms with Crippen molar-refractivity contribution in [1.29, 1.82) is 0 Å². The van der Waals surface area contributed by atoms with Gasteiger partial charge in [-0.2, -0.15) is 0 Å². The van der Waals surface area contributed by atoms with Crippen molar-refractivity contribution in [3.8, 4) is 0 Å². The van der Waals surface area contributed by atoms with Crippen LogP contribution in [0.4, 0.5) is 4.79 Å². The summed E-state index contributed by atoms with van der Waals surface area (Å²) in [4.78, 5) is 31.8. The van der Waals surface area contributed by atoms with Crippen LogP contribution in [0.25, 0.3) is 10.9 Å². The normalized spacial score (nSPS) is 21.5. The zero-order valence-electron chi connectivity index (χ0n) is 23.3. The number of fused-ring (bicyclic) bond motifs is 1. The van der Waals surface area contributed by atoms with E-state index in [1.807, 2.05) is 51.1 Å². The average Bonchev–Trinajstić information content (AvgIpc) is 3.55. The number of benzene rings is 2. The van der Waals surface area contributed by atoms with Gasteiger partial charge in [0, 0.05) is 23.1 Å². The van der Waals surface area contributed by atoms with Crippen LogP contribution in [0.5, 0.6) is 0 Å². The van der Waals surface area contributed by atoms with E-state index in [0.717, 1.165) is 50.8 Å². The number of rotatable bonds is 7. The standard InChI is InChI=1S/C32H41N3O4/c1-32(2,3)39-31(37)34-25-14-13-24(19-25)29(30(36)38-21-22-9-5-4-6-10-22)35-17-15-23(16-18-35)27-20-33-28-12-8-7-11-26(27)28/h4-12,20,23-25,29,33H,13-19,21H2,1-3H3,(H,34,37)/t24-,25+,29-/m1/s1.